The Morgan fingerprint density at radius 3 is 2.57 bits per heavy atom. The van der Waals surface area contributed by atoms with Crippen molar-refractivity contribution in [2.45, 2.75) is 0 Å². The summed E-state index contributed by atoms with van der Waals surface area (Å²) < 4.78 is 37.2. The summed E-state index contributed by atoms with van der Waals surface area (Å²) >= 11 is 0. The third-order valence-corrected chi connectivity index (χ3v) is 1.85. The van der Waals surface area contributed by atoms with E-state index in [-0.39, 0.29) is 62.4 Å². The molecule has 2 rings (SSSR count). The molecule has 0 aliphatic heterocycles. The summed E-state index contributed by atoms with van der Waals surface area (Å²) in [7, 11) is 0. The molecule has 0 saturated heterocycles. The second kappa shape index (κ2) is 4.36. The van der Waals surface area contributed by atoms with Gasteiger partial charge in [-0.15, -0.1) is 0 Å². The molecule has 0 unspecified atom stereocenters. The summed E-state index contributed by atoms with van der Waals surface area (Å²) in [5.74, 6) is 0. The quantitative estimate of drug-likeness (QED) is 0.594. The smallest absolute Gasteiger partial charge is 0.445 e. The van der Waals surface area contributed by atoms with Crippen LogP contribution in [0.3, 0.4) is 0 Å². The van der Waals surface area contributed by atoms with E-state index in [1.54, 1.807) is 0 Å². The fourth-order valence-electron chi connectivity index (χ4n) is 1.27. The molecule has 2 heterocycles. The van der Waals surface area contributed by atoms with E-state index in [0.29, 0.717) is 0 Å². The molecule has 0 aliphatic rings. The summed E-state index contributed by atoms with van der Waals surface area (Å²) in [6, 6.07) is 2.38. The van der Waals surface area contributed by atoms with Crippen molar-refractivity contribution in [2.75, 3.05) is 0 Å². The van der Waals surface area contributed by atoms with E-state index in [4.69, 9.17) is 0 Å². The molecule has 1 N–H and O–H groups in total. The Kier molecular flexibility index (Phi) is 3.82. The molecule has 0 spiro atoms. The number of pyridine rings is 1. The number of aromatic amines is 1. The zero-order valence-electron chi connectivity index (χ0n) is 7.47. The minimum absolute atomic E-state index is 0. The van der Waals surface area contributed by atoms with Crippen LogP contribution >= 0.6 is 0 Å². The van der Waals surface area contributed by atoms with Gasteiger partial charge in [-0.1, -0.05) is 11.5 Å². The van der Waals surface area contributed by atoms with Crippen molar-refractivity contribution in [1.29, 1.82) is 0 Å². The zero-order chi connectivity index (χ0) is 9.47. The molecule has 7 heteroatoms. The Labute approximate surface area is 121 Å². The Hall–Kier alpha value is 0.181. The van der Waals surface area contributed by atoms with Gasteiger partial charge in [0, 0.05) is 12.4 Å². The Morgan fingerprint density at radius 2 is 1.93 bits per heavy atom. The molecular weight excluding hydrogens is 219 g/mol. The fraction of sp³-hybridized carbons (Fsp3) is 0. The van der Waals surface area contributed by atoms with Crippen LogP contribution in [0.2, 0.25) is 0 Å². The van der Waals surface area contributed by atoms with Gasteiger partial charge in [-0.05, 0) is 11.5 Å². The van der Waals surface area contributed by atoms with Crippen molar-refractivity contribution in [3.63, 3.8) is 0 Å². The van der Waals surface area contributed by atoms with E-state index in [2.05, 4.69) is 9.97 Å². The summed E-state index contributed by atoms with van der Waals surface area (Å²) in [5, 5.41) is 0.134. The van der Waals surface area contributed by atoms with Gasteiger partial charge in [0.2, 0.25) is 0 Å². The maximum atomic E-state index is 12.4. The first-order valence-electron chi connectivity index (χ1n) is 3.71. The first-order valence-corrected chi connectivity index (χ1v) is 3.71. The average molecular weight is 224 g/mol. The van der Waals surface area contributed by atoms with Gasteiger partial charge in [0.15, 0.2) is 0 Å². The molecule has 68 valence electrons. The second-order valence-corrected chi connectivity index (χ2v) is 2.71. The number of hydrogen-bond acceptors (Lipinski definition) is 1. The largest absolute Gasteiger partial charge is 1.00 e. The van der Waals surface area contributed by atoms with Gasteiger partial charge in [-0.3, -0.25) is 0 Å². The molecule has 0 fully saturated rings. The van der Waals surface area contributed by atoms with Crippen molar-refractivity contribution in [3.8, 4) is 0 Å². The summed E-state index contributed by atoms with van der Waals surface area (Å²) in [6.45, 7) is -4.95. The van der Waals surface area contributed by atoms with Crippen LogP contribution in [-0.4, -0.2) is 16.9 Å². The van der Waals surface area contributed by atoms with Crippen LogP contribution < -0.4 is 56.8 Å². The predicted octanol–water partition coefficient (Wildman–Crippen LogP) is -1.38. The maximum absolute atomic E-state index is 12.4. The maximum Gasteiger partial charge on any atom is 1.00 e. The number of fused-ring (bicyclic) bond motifs is 1. The Morgan fingerprint density at radius 1 is 1.21 bits per heavy atom. The minimum Gasteiger partial charge on any atom is -0.445 e. The molecule has 0 bridgehead atoms. The van der Waals surface area contributed by atoms with Gasteiger partial charge in [0.05, 0.1) is 0 Å². The summed E-state index contributed by atoms with van der Waals surface area (Å²) in [6.07, 6.45) is 2.60. The van der Waals surface area contributed by atoms with E-state index >= 15 is 0 Å². The molecule has 2 aromatic heterocycles. The van der Waals surface area contributed by atoms with Crippen molar-refractivity contribution in [2.24, 2.45) is 0 Å². The van der Waals surface area contributed by atoms with Crippen LogP contribution in [0, 0.1) is 0 Å². The van der Waals surface area contributed by atoms with E-state index in [1.807, 2.05) is 0 Å². The molecule has 14 heavy (non-hydrogen) atoms. The monoisotopic (exact) mass is 224 g/mol. The number of halogens is 3. The molecule has 0 radical (unpaired) electrons. The number of nitrogens with zero attached hydrogens (tertiary/aromatic N) is 1. The van der Waals surface area contributed by atoms with Gasteiger partial charge in [0.1, 0.15) is 5.65 Å². The second-order valence-electron chi connectivity index (χ2n) is 2.71. The van der Waals surface area contributed by atoms with Gasteiger partial charge < -0.3 is 17.9 Å². The van der Waals surface area contributed by atoms with Crippen molar-refractivity contribution in [1.82, 2.24) is 9.97 Å². The third-order valence-electron chi connectivity index (χ3n) is 1.85. The Balaban J connectivity index is 0.000000980. The van der Waals surface area contributed by atoms with Gasteiger partial charge in [-0.2, -0.15) is 0 Å². The molecule has 0 saturated carbocycles. The normalized spacial score (nSPS) is 11.4. The SMILES string of the molecule is F[B-](F)(F)c1ccnc2[nH]ccc12.[K+]. The molecule has 2 aromatic rings. The standard InChI is InChI=1S/C7H5BF3N2.K/c9-8(10,11)6-2-4-13-7-5(6)1-3-12-7;/h1-4H,(H,12,13);/q-1;+1. The average Bonchev–Trinajstić information content (AvgIpc) is 2.48. The first kappa shape index (κ1) is 12.3. The van der Waals surface area contributed by atoms with Gasteiger partial charge in [0.25, 0.3) is 0 Å². The van der Waals surface area contributed by atoms with Crippen molar-refractivity contribution >= 4 is 23.5 Å². The predicted molar refractivity (Wildman–Crippen MR) is 44.8 cm³/mol. The molecule has 0 atom stereocenters. The van der Waals surface area contributed by atoms with Crippen molar-refractivity contribution in [3.05, 3.63) is 24.5 Å². The number of rotatable bonds is 1. The number of hydrogen-bond donors (Lipinski definition) is 1. The minimum atomic E-state index is -4.95. The summed E-state index contributed by atoms with van der Waals surface area (Å²) in [4.78, 5) is 6.40. The van der Waals surface area contributed by atoms with Crippen LogP contribution in [0.4, 0.5) is 12.9 Å². The molecule has 0 amide bonds. The van der Waals surface area contributed by atoms with E-state index in [1.165, 1.54) is 12.3 Å². The third kappa shape index (κ3) is 2.22. The molecule has 0 aliphatic carbocycles. The molecule has 2 nitrogen and oxygen atoms in total. The summed E-state index contributed by atoms with van der Waals surface area (Å²) in [5.41, 5.74) is -0.317. The zero-order valence-corrected chi connectivity index (χ0v) is 10.6. The first-order chi connectivity index (χ1) is 6.09. The molecule has 0 aromatic carbocycles. The van der Waals surface area contributed by atoms with Crippen LogP contribution in [0.1, 0.15) is 0 Å². The van der Waals surface area contributed by atoms with Crippen LogP contribution in [0.5, 0.6) is 0 Å². The number of H-pyrrole nitrogens is 1. The van der Waals surface area contributed by atoms with E-state index in [0.717, 1.165) is 12.3 Å². The van der Waals surface area contributed by atoms with Crippen molar-refractivity contribution < 1.29 is 64.3 Å². The number of nitrogens with one attached hydrogen (secondary N) is 1. The fourth-order valence-corrected chi connectivity index (χ4v) is 1.27. The van der Waals surface area contributed by atoms with Crippen LogP contribution in [0.15, 0.2) is 24.5 Å². The van der Waals surface area contributed by atoms with E-state index < -0.39 is 12.4 Å². The van der Waals surface area contributed by atoms with Gasteiger partial charge in [-0.25, -0.2) is 4.98 Å². The topological polar surface area (TPSA) is 28.7 Å². The Bertz CT molecular complexity index is 440. The molecular formula is C7H5BF3KN2. The number of aromatic nitrogens is 2. The van der Waals surface area contributed by atoms with E-state index in [9.17, 15) is 12.9 Å². The van der Waals surface area contributed by atoms with Crippen LogP contribution in [-0.2, 0) is 0 Å². The van der Waals surface area contributed by atoms with Gasteiger partial charge >= 0.3 is 58.4 Å². The van der Waals surface area contributed by atoms with Crippen LogP contribution in [0.25, 0.3) is 11.0 Å².